The monoisotopic (exact) mass is 284 g/mol. The first-order valence-electron chi connectivity index (χ1n) is 7.38. The molecule has 0 bridgehead atoms. The van der Waals surface area contributed by atoms with Crippen LogP contribution in [0.25, 0.3) is 16.8 Å². The summed E-state index contributed by atoms with van der Waals surface area (Å²) in [4.78, 5) is 32.1. The summed E-state index contributed by atoms with van der Waals surface area (Å²) >= 11 is 0. The number of imidazole rings is 1. The second-order valence-corrected chi connectivity index (χ2v) is 5.63. The summed E-state index contributed by atoms with van der Waals surface area (Å²) in [6, 6.07) is 7.42. The number of nitrogens with zero attached hydrogens (tertiary/aromatic N) is 3. The van der Waals surface area contributed by atoms with Crippen LogP contribution in [0, 0.1) is 0 Å². The Morgan fingerprint density at radius 3 is 2.67 bits per heavy atom. The van der Waals surface area contributed by atoms with Crippen molar-refractivity contribution >= 4 is 16.8 Å². The van der Waals surface area contributed by atoms with E-state index in [1.807, 2.05) is 24.3 Å². The van der Waals surface area contributed by atoms with Crippen molar-refractivity contribution < 1.29 is 0 Å². The summed E-state index contributed by atoms with van der Waals surface area (Å²) in [5.74, 6) is 0.318. The highest BCUT2D eigenvalue weighted by atomic mass is 16.2. The van der Waals surface area contributed by atoms with Gasteiger partial charge < -0.3 is 0 Å². The summed E-state index contributed by atoms with van der Waals surface area (Å²) in [5.41, 5.74) is 0.814. The summed E-state index contributed by atoms with van der Waals surface area (Å²) in [6.45, 7) is 0. The Kier molecular flexibility index (Phi) is 2.70. The van der Waals surface area contributed by atoms with Gasteiger partial charge in [-0.05, 0) is 25.0 Å². The van der Waals surface area contributed by atoms with E-state index in [1.165, 1.54) is 15.4 Å². The lowest BCUT2D eigenvalue weighted by Gasteiger charge is -2.22. The average molecular weight is 284 g/mol. The zero-order chi connectivity index (χ0) is 14.4. The second kappa shape index (κ2) is 4.58. The van der Waals surface area contributed by atoms with Crippen LogP contribution in [0.5, 0.6) is 0 Å². The third-order valence-corrected chi connectivity index (χ3v) is 4.34. The average Bonchev–Trinajstić information content (AvgIpc) is 2.86. The molecule has 3 aromatic rings. The first-order valence-corrected chi connectivity index (χ1v) is 7.38. The van der Waals surface area contributed by atoms with Crippen LogP contribution < -0.4 is 11.4 Å². The van der Waals surface area contributed by atoms with Gasteiger partial charge in [-0.3, -0.25) is 4.98 Å². The van der Waals surface area contributed by atoms with Gasteiger partial charge in [0.2, 0.25) is 5.78 Å². The Morgan fingerprint density at radius 2 is 1.86 bits per heavy atom. The Labute approximate surface area is 120 Å². The van der Waals surface area contributed by atoms with Gasteiger partial charge in [-0.2, -0.15) is 0 Å². The highest BCUT2D eigenvalue weighted by Crippen LogP contribution is 2.25. The molecule has 6 nitrogen and oxygen atoms in total. The zero-order valence-electron chi connectivity index (χ0n) is 11.6. The largest absolute Gasteiger partial charge is 0.339 e. The molecule has 0 atom stereocenters. The minimum atomic E-state index is -0.352. The van der Waals surface area contributed by atoms with Gasteiger partial charge in [0.15, 0.2) is 0 Å². The molecule has 0 aliphatic heterocycles. The van der Waals surface area contributed by atoms with Crippen LogP contribution in [0.2, 0.25) is 0 Å². The van der Waals surface area contributed by atoms with Crippen molar-refractivity contribution in [2.24, 2.45) is 0 Å². The van der Waals surface area contributed by atoms with Crippen molar-refractivity contribution in [3.05, 3.63) is 45.2 Å². The molecule has 2 heterocycles. The molecule has 0 unspecified atom stereocenters. The van der Waals surface area contributed by atoms with Crippen molar-refractivity contribution in [1.82, 2.24) is 18.9 Å². The Morgan fingerprint density at radius 1 is 1.10 bits per heavy atom. The topological polar surface area (TPSA) is 72.2 Å². The number of hydrogen-bond acceptors (Lipinski definition) is 3. The third-order valence-electron chi connectivity index (χ3n) is 4.34. The van der Waals surface area contributed by atoms with Crippen molar-refractivity contribution in [2.75, 3.05) is 0 Å². The number of rotatable bonds is 1. The molecule has 1 aliphatic rings. The Bertz CT molecular complexity index is 928. The Balaban J connectivity index is 2.05. The normalized spacial score (nSPS) is 16.8. The van der Waals surface area contributed by atoms with Gasteiger partial charge in [-0.15, -0.1) is 0 Å². The third kappa shape index (κ3) is 1.82. The number of aromatic nitrogens is 4. The smallest absolute Gasteiger partial charge is 0.277 e. The van der Waals surface area contributed by atoms with Crippen LogP contribution in [-0.2, 0) is 0 Å². The zero-order valence-corrected chi connectivity index (χ0v) is 11.6. The molecule has 108 valence electrons. The van der Waals surface area contributed by atoms with E-state index in [4.69, 9.17) is 0 Å². The summed E-state index contributed by atoms with van der Waals surface area (Å²) in [6.07, 6.45) is 5.10. The molecule has 0 spiro atoms. The maximum Gasteiger partial charge on any atom is 0.339 e. The van der Waals surface area contributed by atoms with Gasteiger partial charge in [-0.25, -0.2) is 23.5 Å². The van der Waals surface area contributed by atoms with Crippen molar-refractivity contribution in [2.45, 2.75) is 38.1 Å². The molecule has 21 heavy (non-hydrogen) atoms. The minimum Gasteiger partial charge on any atom is -0.277 e. The Hall–Kier alpha value is -2.37. The van der Waals surface area contributed by atoms with E-state index in [-0.39, 0.29) is 17.4 Å². The number of fused-ring (bicyclic) bond motifs is 3. The predicted octanol–water partition coefficient (Wildman–Crippen LogP) is 1.84. The van der Waals surface area contributed by atoms with Crippen molar-refractivity contribution in [3.8, 4) is 0 Å². The molecule has 6 heteroatoms. The summed E-state index contributed by atoms with van der Waals surface area (Å²) in [7, 11) is 0. The van der Waals surface area contributed by atoms with E-state index in [1.54, 1.807) is 0 Å². The van der Waals surface area contributed by atoms with Gasteiger partial charge >= 0.3 is 11.4 Å². The minimum absolute atomic E-state index is 0.000521. The molecular formula is C15H16N4O2. The molecule has 1 fully saturated rings. The first-order chi connectivity index (χ1) is 10.3. The molecule has 0 amide bonds. The number of benzene rings is 1. The second-order valence-electron chi connectivity index (χ2n) is 5.63. The highest BCUT2D eigenvalue weighted by Gasteiger charge is 2.21. The number of H-pyrrole nitrogens is 1. The molecule has 0 saturated heterocycles. The lowest BCUT2D eigenvalue weighted by molar-refractivity contribution is 0.331. The van der Waals surface area contributed by atoms with E-state index >= 15 is 0 Å². The van der Waals surface area contributed by atoms with E-state index < -0.39 is 0 Å². The molecule has 1 aromatic carbocycles. The van der Waals surface area contributed by atoms with Gasteiger partial charge in [-0.1, -0.05) is 31.4 Å². The predicted molar refractivity (Wildman–Crippen MR) is 79.7 cm³/mol. The quantitative estimate of drug-likeness (QED) is 0.741. The number of aromatic amines is 1. The lowest BCUT2D eigenvalue weighted by Crippen LogP contribution is -2.42. The molecule has 1 aliphatic carbocycles. The molecule has 4 rings (SSSR count). The number of para-hydroxylation sites is 2. The van der Waals surface area contributed by atoms with Crippen LogP contribution in [-0.4, -0.2) is 18.9 Å². The maximum absolute atomic E-state index is 12.8. The molecule has 2 aromatic heterocycles. The van der Waals surface area contributed by atoms with Crippen LogP contribution in [0.15, 0.2) is 33.9 Å². The van der Waals surface area contributed by atoms with Gasteiger partial charge in [0.25, 0.3) is 0 Å². The van der Waals surface area contributed by atoms with E-state index in [9.17, 15) is 9.59 Å². The fraction of sp³-hybridized carbons (Fsp3) is 0.400. The number of nitrogens with one attached hydrogen (secondary N) is 1. The molecule has 1 saturated carbocycles. The van der Waals surface area contributed by atoms with E-state index in [0.717, 1.165) is 31.2 Å². The van der Waals surface area contributed by atoms with Crippen LogP contribution in [0.3, 0.4) is 0 Å². The van der Waals surface area contributed by atoms with Crippen LogP contribution in [0.1, 0.15) is 38.1 Å². The van der Waals surface area contributed by atoms with E-state index in [0.29, 0.717) is 11.3 Å². The first kappa shape index (κ1) is 12.4. The standard InChI is InChI=1S/C15H16N4O2/c20-14-17-13-16-11-8-4-5-9-12(11)19(13)15(21)18(14)10-6-2-1-3-7-10/h4-5,8-10H,1-3,6-7H2,(H,16,17,20). The van der Waals surface area contributed by atoms with Crippen LogP contribution in [0.4, 0.5) is 0 Å². The number of hydrogen-bond donors (Lipinski definition) is 1. The van der Waals surface area contributed by atoms with Gasteiger partial charge in [0.1, 0.15) is 0 Å². The van der Waals surface area contributed by atoms with Crippen molar-refractivity contribution in [3.63, 3.8) is 0 Å². The van der Waals surface area contributed by atoms with Crippen molar-refractivity contribution in [1.29, 1.82) is 0 Å². The fourth-order valence-corrected chi connectivity index (χ4v) is 3.32. The summed E-state index contributed by atoms with van der Waals surface area (Å²) < 4.78 is 2.88. The SMILES string of the molecule is O=c1[nH]c2nc3ccccc3n2c(=O)n1C1CCCCC1. The van der Waals surface area contributed by atoms with Crippen LogP contribution >= 0.6 is 0 Å². The molecule has 0 radical (unpaired) electrons. The summed E-state index contributed by atoms with van der Waals surface area (Å²) in [5, 5.41) is 0. The fourth-order valence-electron chi connectivity index (χ4n) is 3.32. The molecular weight excluding hydrogens is 268 g/mol. The van der Waals surface area contributed by atoms with Gasteiger partial charge in [0.05, 0.1) is 11.0 Å². The van der Waals surface area contributed by atoms with Gasteiger partial charge in [0, 0.05) is 6.04 Å². The molecule has 1 N–H and O–H groups in total. The maximum atomic E-state index is 12.8. The lowest BCUT2D eigenvalue weighted by atomic mass is 9.95. The van der Waals surface area contributed by atoms with E-state index in [2.05, 4.69) is 9.97 Å². The highest BCUT2D eigenvalue weighted by molar-refractivity contribution is 5.78.